The largest absolute Gasteiger partial charge is 0.543 e. The van der Waals surface area contributed by atoms with Gasteiger partial charge in [-0.2, -0.15) is 0 Å². The summed E-state index contributed by atoms with van der Waals surface area (Å²) in [6, 6.07) is 7.60. The van der Waals surface area contributed by atoms with Crippen LogP contribution < -0.4 is 0 Å². The van der Waals surface area contributed by atoms with Crippen LogP contribution in [0.5, 0.6) is 0 Å². The van der Waals surface area contributed by atoms with Crippen LogP contribution in [0.15, 0.2) is 30.8 Å². The van der Waals surface area contributed by atoms with E-state index in [9.17, 15) is 0 Å². The van der Waals surface area contributed by atoms with Crippen molar-refractivity contribution in [2.24, 2.45) is 0 Å². The lowest BCUT2D eigenvalue weighted by atomic mass is 10.2. The van der Waals surface area contributed by atoms with Crippen LogP contribution in [0.3, 0.4) is 0 Å². The van der Waals surface area contributed by atoms with Crippen molar-refractivity contribution in [2.75, 3.05) is 0 Å². The molecule has 0 spiro atoms. The third-order valence-corrected chi connectivity index (χ3v) is 7.97. The first-order chi connectivity index (χ1) is 7.63. The van der Waals surface area contributed by atoms with Gasteiger partial charge in [0.2, 0.25) is 8.32 Å². The maximum Gasteiger partial charge on any atom is 0.250 e. The second kappa shape index (κ2) is 4.87. The Labute approximate surface area is 111 Å². The van der Waals surface area contributed by atoms with Crippen molar-refractivity contribution in [2.45, 2.75) is 38.9 Å². The molecular weight excluding hydrogens is 248 g/mol. The molecule has 1 aromatic rings. The molecule has 0 aliphatic carbocycles. The molecule has 17 heavy (non-hydrogen) atoms. The van der Waals surface area contributed by atoms with E-state index in [-0.39, 0.29) is 5.04 Å². The van der Waals surface area contributed by atoms with Gasteiger partial charge in [0.25, 0.3) is 0 Å². The zero-order valence-electron chi connectivity index (χ0n) is 11.3. The molecule has 1 nitrogen and oxygen atoms in total. The third-order valence-electron chi connectivity index (χ3n) is 3.35. The first-order valence-corrected chi connectivity index (χ1v) is 9.06. The lowest BCUT2D eigenvalue weighted by Gasteiger charge is -2.37. The molecule has 1 rings (SSSR count). The molecule has 0 heterocycles. The van der Waals surface area contributed by atoms with E-state index in [0.29, 0.717) is 0 Å². The van der Waals surface area contributed by atoms with Gasteiger partial charge in [-0.05, 0) is 42.4 Å². The predicted octanol–water partition coefficient (Wildman–Crippen LogP) is 5.33. The van der Waals surface area contributed by atoms with Crippen LogP contribution in [-0.2, 0) is 4.43 Å². The molecule has 0 N–H and O–H groups in total. The number of halogens is 1. The number of rotatable bonds is 3. The van der Waals surface area contributed by atoms with Crippen LogP contribution in [-0.4, -0.2) is 8.32 Å². The van der Waals surface area contributed by atoms with E-state index in [4.69, 9.17) is 16.0 Å². The summed E-state index contributed by atoms with van der Waals surface area (Å²) in [5.74, 6) is 0.744. The molecule has 0 aliphatic rings. The average molecular weight is 269 g/mol. The standard InChI is InChI=1S/C14H21ClOSi/c1-11(12-7-9-13(15)10-8-12)16-17(5,6)14(2,3)4/h7-10H,1H2,2-6H3. The number of hydrogen-bond donors (Lipinski definition) is 0. The summed E-state index contributed by atoms with van der Waals surface area (Å²) in [5, 5.41) is 0.913. The average Bonchev–Trinajstić information content (AvgIpc) is 2.16. The Morgan fingerprint density at radius 2 is 1.65 bits per heavy atom. The van der Waals surface area contributed by atoms with Crippen molar-refractivity contribution < 1.29 is 4.43 Å². The molecule has 0 aliphatic heterocycles. The fourth-order valence-corrected chi connectivity index (χ4v) is 2.32. The minimum Gasteiger partial charge on any atom is -0.543 e. The summed E-state index contributed by atoms with van der Waals surface area (Å²) >= 11 is 5.86. The normalized spacial score (nSPS) is 12.4. The van der Waals surface area contributed by atoms with Gasteiger partial charge < -0.3 is 4.43 Å². The highest BCUT2D eigenvalue weighted by Crippen LogP contribution is 2.39. The van der Waals surface area contributed by atoms with E-state index in [1.165, 1.54) is 0 Å². The van der Waals surface area contributed by atoms with Gasteiger partial charge in [0.15, 0.2) is 0 Å². The van der Waals surface area contributed by atoms with Crippen molar-refractivity contribution >= 4 is 25.7 Å². The topological polar surface area (TPSA) is 9.23 Å². The molecule has 0 bridgehead atoms. The fraction of sp³-hybridized carbons (Fsp3) is 0.429. The second-order valence-corrected chi connectivity index (χ2v) is 11.0. The molecule has 0 amide bonds. The van der Waals surface area contributed by atoms with Gasteiger partial charge in [-0.25, -0.2) is 0 Å². The second-order valence-electron chi connectivity index (χ2n) is 5.79. The Hall–Kier alpha value is -0.733. The molecule has 3 heteroatoms. The summed E-state index contributed by atoms with van der Waals surface area (Å²) in [5.41, 5.74) is 0.999. The molecule has 0 saturated carbocycles. The van der Waals surface area contributed by atoms with Crippen molar-refractivity contribution in [1.82, 2.24) is 0 Å². The quantitative estimate of drug-likeness (QED) is 0.532. The van der Waals surface area contributed by atoms with Crippen molar-refractivity contribution in [1.29, 1.82) is 0 Å². The summed E-state index contributed by atoms with van der Waals surface area (Å²) < 4.78 is 6.13. The van der Waals surface area contributed by atoms with Gasteiger partial charge in [0, 0.05) is 10.6 Å². The highest BCUT2D eigenvalue weighted by atomic mass is 35.5. The summed E-state index contributed by atoms with van der Waals surface area (Å²) in [6.07, 6.45) is 0. The predicted molar refractivity (Wildman–Crippen MR) is 78.8 cm³/mol. The van der Waals surface area contributed by atoms with Gasteiger partial charge >= 0.3 is 0 Å². The Kier molecular flexibility index (Phi) is 4.10. The first kappa shape index (κ1) is 14.3. The van der Waals surface area contributed by atoms with Crippen LogP contribution in [0.1, 0.15) is 26.3 Å². The Balaban J connectivity index is 2.83. The lowest BCUT2D eigenvalue weighted by Crippen LogP contribution is -2.40. The van der Waals surface area contributed by atoms with Gasteiger partial charge in [-0.1, -0.05) is 39.0 Å². The first-order valence-electron chi connectivity index (χ1n) is 5.77. The van der Waals surface area contributed by atoms with Crippen LogP contribution in [0.4, 0.5) is 0 Å². The SMILES string of the molecule is C=C(O[Si](C)(C)C(C)(C)C)c1ccc(Cl)cc1. The molecule has 0 aromatic heterocycles. The summed E-state index contributed by atoms with van der Waals surface area (Å²) in [7, 11) is -1.80. The smallest absolute Gasteiger partial charge is 0.250 e. The fourth-order valence-electron chi connectivity index (χ4n) is 1.16. The van der Waals surface area contributed by atoms with Crippen molar-refractivity contribution in [3.05, 3.63) is 41.4 Å². The monoisotopic (exact) mass is 268 g/mol. The van der Waals surface area contributed by atoms with E-state index in [1.807, 2.05) is 24.3 Å². The van der Waals surface area contributed by atoms with Crippen molar-refractivity contribution in [3.8, 4) is 0 Å². The van der Waals surface area contributed by atoms with E-state index in [2.05, 4.69) is 40.4 Å². The molecular formula is C14H21ClOSi. The highest BCUT2D eigenvalue weighted by molar-refractivity contribution is 6.74. The molecule has 0 saturated heterocycles. The van der Waals surface area contributed by atoms with Gasteiger partial charge in [0.1, 0.15) is 5.76 Å². The van der Waals surface area contributed by atoms with Crippen LogP contribution in [0.2, 0.25) is 23.2 Å². The van der Waals surface area contributed by atoms with Gasteiger partial charge in [-0.3, -0.25) is 0 Å². The Morgan fingerprint density at radius 1 is 1.18 bits per heavy atom. The minimum absolute atomic E-state index is 0.183. The summed E-state index contributed by atoms with van der Waals surface area (Å²) in [4.78, 5) is 0. The van der Waals surface area contributed by atoms with Gasteiger partial charge in [-0.15, -0.1) is 0 Å². The molecule has 0 atom stereocenters. The lowest BCUT2D eigenvalue weighted by molar-refractivity contribution is 0.459. The zero-order valence-corrected chi connectivity index (χ0v) is 13.1. The molecule has 0 fully saturated rings. The Morgan fingerprint density at radius 3 is 2.06 bits per heavy atom. The number of hydrogen-bond acceptors (Lipinski definition) is 1. The zero-order chi connectivity index (χ0) is 13.3. The van der Waals surface area contributed by atoms with Crippen LogP contribution >= 0.6 is 11.6 Å². The molecule has 0 unspecified atom stereocenters. The van der Waals surface area contributed by atoms with E-state index in [1.54, 1.807) is 0 Å². The minimum atomic E-state index is -1.80. The third kappa shape index (κ3) is 3.61. The maximum atomic E-state index is 6.13. The molecule has 94 valence electrons. The van der Waals surface area contributed by atoms with Crippen LogP contribution in [0, 0.1) is 0 Å². The van der Waals surface area contributed by atoms with E-state index in [0.717, 1.165) is 16.3 Å². The van der Waals surface area contributed by atoms with E-state index >= 15 is 0 Å². The Bertz CT molecular complexity index is 401. The van der Waals surface area contributed by atoms with Crippen molar-refractivity contribution in [3.63, 3.8) is 0 Å². The summed E-state index contributed by atoms with van der Waals surface area (Å²) in [6.45, 7) is 15.1. The molecule has 0 radical (unpaired) electrons. The molecule has 1 aromatic carbocycles. The highest BCUT2D eigenvalue weighted by Gasteiger charge is 2.39. The number of benzene rings is 1. The van der Waals surface area contributed by atoms with Gasteiger partial charge in [0.05, 0.1) is 0 Å². The van der Waals surface area contributed by atoms with Crippen LogP contribution in [0.25, 0.3) is 5.76 Å². The van der Waals surface area contributed by atoms with E-state index < -0.39 is 8.32 Å². The maximum absolute atomic E-state index is 6.13.